The van der Waals surface area contributed by atoms with E-state index in [2.05, 4.69) is 62.5 Å². The summed E-state index contributed by atoms with van der Waals surface area (Å²) in [4.78, 5) is 24.6. The van der Waals surface area contributed by atoms with Crippen LogP contribution in [-0.2, 0) is 19.1 Å². The third-order valence-electron chi connectivity index (χ3n) is 14.1. The summed E-state index contributed by atoms with van der Waals surface area (Å²) in [7, 11) is 0. The van der Waals surface area contributed by atoms with Crippen LogP contribution in [0.2, 0.25) is 0 Å². The van der Waals surface area contributed by atoms with Crippen molar-refractivity contribution in [3.8, 4) is 0 Å². The Morgan fingerprint density at radius 2 is 0.614 bits per heavy atom. The molecule has 410 valence electrons. The van der Waals surface area contributed by atoms with Gasteiger partial charge in [-0.1, -0.05) is 319 Å². The van der Waals surface area contributed by atoms with E-state index < -0.39 is 6.10 Å². The van der Waals surface area contributed by atoms with Crippen LogP contribution in [0.3, 0.4) is 0 Å². The van der Waals surface area contributed by atoms with E-state index >= 15 is 0 Å². The maximum Gasteiger partial charge on any atom is 0.306 e. The van der Waals surface area contributed by atoms with E-state index in [1.807, 2.05) is 0 Å². The molecule has 70 heavy (non-hydrogen) atoms. The number of unbranched alkanes of at least 4 members (excludes halogenated alkanes) is 42. The molecule has 0 radical (unpaired) electrons. The highest BCUT2D eigenvalue weighted by atomic mass is 16.6. The molecule has 0 spiro atoms. The van der Waals surface area contributed by atoms with Crippen molar-refractivity contribution < 1.29 is 24.2 Å². The Hall–Kier alpha value is -2.14. The molecular weight excluding hydrogens is 861 g/mol. The Morgan fingerprint density at radius 3 is 0.929 bits per heavy atom. The van der Waals surface area contributed by atoms with Gasteiger partial charge in [-0.3, -0.25) is 9.59 Å². The van der Waals surface area contributed by atoms with Crippen molar-refractivity contribution in [1.82, 2.24) is 0 Å². The average Bonchev–Trinajstić information content (AvgIpc) is 3.36. The van der Waals surface area contributed by atoms with E-state index in [4.69, 9.17) is 9.47 Å². The molecule has 0 aliphatic carbocycles. The Morgan fingerprint density at radius 1 is 0.343 bits per heavy atom. The molecule has 0 bridgehead atoms. The molecule has 0 amide bonds. The molecule has 0 aromatic carbocycles. The average molecular weight is 982 g/mol. The zero-order valence-electron chi connectivity index (χ0n) is 47.0. The van der Waals surface area contributed by atoms with Gasteiger partial charge in [0.15, 0.2) is 6.10 Å². The number of hydrogen-bond donors (Lipinski definition) is 1. The highest BCUT2D eigenvalue weighted by molar-refractivity contribution is 5.70. The van der Waals surface area contributed by atoms with Gasteiger partial charge in [-0.2, -0.15) is 0 Å². The van der Waals surface area contributed by atoms with Gasteiger partial charge in [-0.25, -0.2) is 0 Å². The first kappa shape index (κ1) is 67.9. The summed E-state index contributed by atoms with van der Waals surface area (Å²) in [6.07, 6.45) is 81.2. The van der Waals surface area contributed by atoms with E-state index in [9.17, 15) is 14.7 Å². The number of ether oxygens (including phenoxy) is 2. The molecule has 0 saturated heterocycles. The Labute approximate surface area is 437 Å². The maximum atomic E-state index is 12.3. The van der Waals surface area contributed by atoms with Crippen LogP contribution >= 0.6 is 0 Å². The molecule has 0 rings (SSSR count). The monoisotopic (exact) mass is 981 g/mol. The molecule has 0 saturated carbocycles. The number of carbonyl (C=O) groups is 2. The molecule has 0 fully saturated rings. The quantitative estimate of drug-likeness (QED) is 0.0373. The van der Waals surface area contributed by atoms with Gasteiger partial charge in [0.2, 0.25) is 0 Å². The van der Waals surface area contributed by atoms with Crippen molar-refractivity contribution in [3.05, 3.63) is 48.6 Å². The summed E-state index contributed by atoms with van der Waals surface area (Å²) in [5.74, 6) is -0.576. The minimum absolute atomic E-state index is 0.0628. The Balaban J connectivity index is 3.41. The third kappa shape index (κ3) is 58.4. The van der Waals surface area contributed by atoms with Crippen LogP contribution in [0.25, 0.3) is 0 Å². The molecule has 5 nitrogen and oxygen atoms in total. The van der Waals surface area contributed by atoms with Crippen LogP contribution in [0.4, 0.5) is 0 Å². The first-order valence-electron chi connectivity index (χ1n) is 31.2. The van der Waals surface area contributed by atoms with Crippen molar-refractivity contribution in [2.45, 2.75) is 341 Å². The fraction of sp³-hybridized carbons (Fsp3) is 0.846. The summed E-state index contributed by atoms with van der Waals surface area (Å²) in [5.41, 5.74) is 0. The van der Waals surface area contributed by atoms with E-state index in [1.54, 1.807) is 0 Å². The summed E-state index contributed by atoms with van der Waals surface area (Å²) in [5, 5.41) is 9.67. The third-order valence-corrected chi connectivity index (χ3v) is 14.1. The normalized spacial score (nSPS) is 12.4. The van der Waals surface area contributed by atoms with Gasteiger partial charge in [-0.15, -0.1) is 0 Å². The van der Waals surface area contributed by atoms with E-state index in [0.717, 1.165) is 57.8 Å². The molecule has 0 aliphatic rings. The lowest BCUT2D eigenvalue weighted by molar-refractivity contribution is -0.161. The smallest absolute Gasteiger partial charge is 0.306 e. The second-order valence-corrected chi connectivity index (χ2v) is 21.1. The minimum Gasteiger partial charge on any atom is -0.462 e. The number of rotatable bonds is 58. The molecule has 1 N–H and O–H groups in total. The zero-order chi connectivity index (χ0) is 50.6. The lowest BCUT2D eigenvalue weighted by Gasteiger charge is -2.15. The standard InChI is InChI=1S/C65H120O5/c1-3-5-7-9-11-13-15-17-19-21-23-25-27-29-30-31-32-33-34-36-37-39-41-43-45-47-49-51-53-55-57-59-64(67)69-62-63(61-66)70-65(68)60-58-56-54-52-50-48-46-44-42-40-38-35-28-26-24-22-20-18-16-14-12-10-8-6-4-2/h6,8,12,14,18,20,24,26,63,66H,3-5,7,9-11,13,15-17,19,21-23,25,27-62H2,1-2H3/b8-6-,14-12-,20-18-,26-24-. The molecule has 0 aromatic rings. The van der Waals surface area contributed by atoms with Crippen LogP contribution in [0, 0.1) is 0 Å². The van der Waals surface area contributed by atoms with Gasteiger partial charge in [-0.05, 0) is 51.4 Å². The molecular formula is C65H120O5. The van der Waals surface area contributed by atoms with Gasteiger partial charge < -0.3 is 14.6 Å². The Bertz CT molecular complexity index is 1150. The lowest BCUT2D eigenvalue weighted by Crippen LogP contribution is -2.28. The maximum absolute atomic E-state index is 12.3. The zero-order valence-corrected chi connectivity index (χ0v) is 47.0. The van der Waals surface area contributed by atoms with Gasteiger partial charge in [0.25, 0.3) is 0 Å². The van der Waals surface area contributed by atoms with E-state index in [0.29, 0.717) is 12.8 Å². The first-order chi connectivity index (χ1) is 34.6. The van der Waals surface area contributed by atoms with Gasteiger partial charge in [0, 0.05) is 12.8 Å². The second kappa shape index (κ2) is 61.2. The van der Waals surface area contributed by atoms with Crippen LogP contribution in [0.15, 0.2) is 48.6 Å². The number of hydrogen-bond acceptors (Lipinski definition) is 5. The highest BCUT2D eigenvalue weighted by Gasteiger charge is 2.16. The summed E-state index contributed by atoms with van der Waals surface area (Å²) >= 11 is 0. The molecule has 5 heteroatoms. The van der Waals surface area contributed by atoms with Crippen molar-refractivity contribution in [1.29, 1.82) is 0 Å². The fourth-order valence-electron chi connectivity index (χ4n) is 9.49. The van der Waals surface area contributed by atoms with Crippen molar-refractivity contribution >= 4 is 11.9 Å². The molecule has 0 aliphatic heterocycles. The van der Waals surface area contributed by atoms with Crippen LogP contribution in [0.1, 0.15) is 335 Å². The van der Waals surface area contributed by atoms with E-state index in [-0.39, 0.29) is 25.2 Å². The van der Waals surface area contributed by atoms with Gasteiger partial charge in [0.1, 0.15) is 6.61 Å². The van der Waals surface area contributed by atoms with Crippen LogP contribution in [-0.4, -0.2) is 36.4 Å². The summed E-state index contributed by atoms with van der Waals surface area (Å²) in [6, 6.07) is 0. The number of esters is 2. The second-order valence-electron chi connectivity index (χ2n) is 21.1. The van der Waals surface area contributed by atoms with Crippen LogP contribution in [0.5, 0.6) is 0 Å². The largest absolute Gasteiger partial charge is 0.462 e. The highest BCUT2D eigenvalue weighted by Crippen LogP contribution is 2.18. The van der Waals surface area contributed by atoms with Gasteiger partial charge >= 0.3 is 11.9 Å². The SMILES string of the molecule is CC/C=C\C/C=C\C/C=C\C/C=C\CCCCCCCCCCCCCCC(=O)OC(CO)COC(=O)CCCCCCCCCCCCCCCCCCCCCCCCCCCCCCCCC. The van der Waals surface area contributed by atoms with Crippen molar-refractivity contribution in [3.63, 3.8) is 0 Å². The number of aliphatic hydroxyl groups excluding tert-OH is 1. The van der Waals surface area contributed by atoms with Crippen molar-refractivity contribution in [2.24, 2.45) is 0 Å². The summed E-state index contributed by atoms with van der Waals surface area (Å²) in [6.45, 7) is 4.08. The van der Waals surface area contributed by atoms with Crippen molar-refractivity contribution in [2.75, 3.05) is 13.2 Å². The number of aliphatic hydroxyl groups is 1. The predicted molar refractivity (Wildman–Crippen MR) is 307 cm³/mol. The number of carbonyl (C=O) groups excluding carboxylic acids is 2. The predicted octanol–water partition coefficient (Wildman–Crippen LogP) is 21.2. The van der Waals surface area contributed by atoms with Crippen LogP contribution < -0.4 is 0 Å². The number of allylic oxidation sites excluding steroid dienone is 8. The minimum atomic E-state index is -0.773. The molecule has 0 heterocycles. The Kier molecular flexibility index (Phi) is 59.3. The first-order valence-corrected chi connectivity index (χ1v) is 31.2. The van der Waals surface area contributed by atoms with E-state index in [1.165, 1.54) is 250 Å². The van der Waals surface area contributed by atoms with Gasteiger partial charge in [0.05, 0.1) is 6.61 Å². The fourth-order valence-corrected chi connectivity index (χ4v) is 9.49. The topological polar surface area (TPSA) is 72.8 Å². The lowest BCUT2D eigenvalue weighted by atomic mass is 10.0. The molecule has 0 aromatic heterocycles. The summed E-state index contributed by atoms with van der Waals surface area (Å²) < 4.78 is 10.7. The molecule has 1 unspecified atom stereocenters. The molecule has 1 atom stereocenters.